The van der Waals surface area contributed by atoms with Crippen molar-refractivity contribution in [2.75, 3.05) is 27.2 Å². The number of nitrogens with zero attached hydrogens (tertiary/aromatic N) is 1. The molecule has 0 aromatic heterocycles. The minimum Gasteiger partial charge on any atom is -0.381 e. The zero-order valence-electron chi connectivity index (χ0n) is 12.7. The molecule has 0 atom stereocenters. The quantitative estimate of drug-likeness (QED) is 0.861. The highest BCUT2D eigenvalue weighted by Crippen LogP contribution is 2.19. The molecule has 0 aliphatic carbocycles. The van der Waals surface area contributed by atoms with Crippen LogP contribution in [0.5, 0.6) is 0 Å². The Kier molecular flexibility index (Phi) is 5.75. The molecule has 1 heterocycles. The van der Waals surface area contributed by atoms with Gasteiger partial charge in [0.15, 0.2) is 0 Å². The Labute approximate surface area is 127 Å². The second-order valence-corrected chi connectivity index (χ2v) is 7.41. The van der Waals surface area contributed by atoms with Gasteiger partial charge in [-0.05, 0) is 31.0 Å². The van der Waals surface area contributed by atoms with Gasteiger partial charge in [0.25, 0.3) is 0 Å². The SMILES string of the molecule is CNCc1ccc(CS(=O)(=O)N2CCC(OC)CC2)cc1. The van der Waals surface area contributed by atoms with Gasteiger partial charge in [-0.15, -0.1) is 0 Å². The summed E-state index contributed by atoms with van der Waals surface area (Å²) < 4.78 is 31.7. The second-order valence-electron chi connectivity index (χ2n) is 5.44. The number of hydrogen-bond donors (Lipinski definition) is 1. The molecule has 6 heteroatoms. The fraction of sp³-hybridized carbons (Fsp3) is 0.600. The highest BCUT2D eigenvalue weighted by atomic mass is 32.2. The number of hydrogen-bond acceptors (Lipinski definition) is 4. The van der Waals surface area contributed by atoms with Crippen molar-refractivity contribution in [2.24, 2.45) is 0 Å². The maximum Gasteiger partial charge on any atom is 0.218 e. The van der Waals surface area contributed by atoms with E-state index in [0.29, 0.717) is 13.1 Å². The summed E-state index contributed by atoms with van der Waals surface area (Å²) in [5, 5.41) is 3.07. The monoisotopic (exact) mass is 312 g/mol. The topological polar surface area (TPSA) is 58.6 Å². The average molecular weight is 312 g/mol. The van der Waals surface area contributed by atoms with Crippen LogP contribution in [0.4, 0.5) is 0 Å². The molecule has 0 bridgehead atoms. The van der Waals surface area contributed by atoms with E-state index < -0.39 is 10.0 Å². The second kappa shape index (κ2) is 7.35. The number of sulfonamides is 1. The first-order chi connectivity index (χ1) is 10.0. The predicted molar refractivity (Wildman–Crippen MR) is 83.4 cm³/mol. The first kappa shape index (κ1) is 16.4. The third kappa shape index (κ3) is 4.51. The fourth-order valence-corrected chi connectivity index (χ4v) is 4.17. The van der Waals surface area contributed by atoms with Crippen LogP contribution in [0.15, 0.2) is 24.3 Å². The van der Waals surface area contributed by atoms with Crippen LogP contribution in [0.1, 0.15) is 24.0 Å². The Morgan fingerprint density at radius 1 is 1.19 bits per heavy atom. The van der Waals surface area contributed by atoms with E-state index in [9.17, 15) is 8.42 Å². The summed E-state index contributed by atoms with van der Waals surface area (Å²) >= 11 is 0. The highest BCUT2D eigenvalue weighted by molar-refractivity contribution is 7.88. The first-order valence-electron chi connectivity index (χ1n) is 7.28. The van der Waals surface area contributed by atoms with Gasteiger partial charge in [-0.2, -0.15) is 0 Å². The largest absolute Gasteiger partial charge is 0.381 e. The van der Waals surface area contributed by atoms with Crippen LogP contribution in [0, 0.1) is 0 Å². The third-order valence-electron chi connectivity index (χ3n) is 3.88. The molecule has 1 aliphatic rings. The van der Waals surface area contributed by atoms with Crippen molar-refractivity contribution in [2.45, 2.75) is 31.2 Å². The van der Waals surface area contributed by atoms with Gasteiger partial charge in [0, 0.05) is 26.7 Å². The predicted octanol–water partition coefficient (Wildman–Crippen LogP) is 1.35. The van der Waals surface area contributed by atoms with Gasteiger partial charge in [0.2, 0.25) is 10.0 Å². The number of rotatable bonds is 6. The Bertz CT molecular complexity index is 535. The summed E-state index contributed by atoms with van der Waals surface area (Å²) in [7, 11) is 0.342. The molecule has 1 saturated heterocycles. The van der Waals surface area contributed by atoms with Crippen molar-refractivity contribution >= 4 is 10.0 Å². The molecular weight excluding hydrogens is 288 g/mol. The zero-order chi connectivity index (χ0) is 15.3. The van der Waals surface area contributed by atoms with Crippen molar-refractivity contribution in [3.63, 3.8) is 0 Å². The van der Waals surface area contributed by atoms with E-state index >= 15 is 0 Å². The number of benzene rings is 1. The van der Waals surface area contributed by atoms with E-state index in [-0.39, 0.29) is 11.9 Å². The smallest absolute Gasteiger partial charge is 0.218 e. The number of ether oxygens (including phenoxy) is 1. The molecule has 0 radical (unpaired) electrons. The molecule has 1 aromatic carbocycles. The fourth-order valence-electron chi connectivity index (χ4n) is 2.61. The third-order valence-corrected chi connectivity index (χ3v) is 5.73. The van der Waals surface area contributed by atoms with E-state index in [4.69, 9.17) is 4.74 Å². The molecule has 0 unspecified atom stereocenters. The number of piperidine rings is 1. The van der Waals surface area contributed by atoms with Crippen molar-refractivity contribution in [3.05, 3.63) is 35.4 Å². The Morgan fingerprint density at radius 3 is 2.29 bits per heavy atom. The van der Waals surface area contributed by atoms with Gasteiger partial charge in [-0.1, -0.05) is 24.3 Å². The standard InChI is InChI=1S/C15H24N2O3S/c1-16-11-13-3-5-14(6-4-13)12-21(18,19)17-9-7-15(20-2)8-10-17/h3-6,15-16H,7-12H2,1-2H3. The van der Waals surface area contributed by atoms with Crippen molar-refractivity contribution in [1.82, 2.24) is 9.62 Å². The molecule has 1 aromatic rings. The molecule has 2 rings (SSSR count). The maximum absolute atomic E-state index is 12.4. The van der Waals surface area contributed by atoms with Crippen molar-refractivity contribution in [3.8, 4) is 0 Å². The van der Waals surface area contributed by atoms with E-state index in [1.165, 1.54) is 0 Å². The molecule has 118 valence electrons. The van der Waals surface area contributed by atoms with E-state index in [1.807, 2.05) is 31.3 Å². The van der Waals surface area contributed by atoms with Gasteiger partial charge in [-0.3, -0.25) is 0 Å². The van der Waals surface area contributed by atoms with E-state index in [1.54, 1.807) is 11.4 Å². The molecule has 5 nitrogen and oxygen atoms in total. The Morgan fingerprint density at radius 2 is 1.76 bits per heavy atom. The zero-order valence-corrected chi connectivity index (χ0v) is 13.5. The lowest BCUT2D eigenvalue weighted by atomic mass is 10.1. The molecule has 0 spiro atoms. The minimum atomic E-state index is -3.23. The summed E-state index contributed by atoms with van der Waals surface area (Å²) in [5.41, 5.74) is 1.99. The maximum atomic E-state index is 12.4. The lowest BCUT2D eigenvalue weighted by Crippen LogP contribution is -2.41. The molecule has 0 amide bonds. The minimum absolute atomic E-state index is 0.0739. The van der Waals surface area contributed by atoms with Gasteiger partial charge in [-0.25, -0.2) is 12.7 Å². The molecule has 0 saturated carbocycles. The normalized spacial score (nSPS) is 18.0. The summed E-state index contributed by atoms with van der Waals surface area (Å²) in [4.78, 5) is 0. The van der Waals surface area contributed by atoms with Crippen LogP contribution in [0.25, 0.3) is 0 Å². The Balaban J connectivity index is 1.97. The van der Waals surface area contributed by atoms with Crippen molar-refractivity contribution in [1.29, 1.82) is 0 Å². The van der Waals surface area contributed by atoms with Crippen molar-refractivity contribution < 1.29 is 13.2 Å². The van der Waals surface area contributed by atoms with Crippen LogP contribution in [0.2, 0.25) is 0 Å². The molecule has 1 N–H and O–H groups in total. The van der Waals surface area contributed by atoms with Gasteiger partial charge in [0.05, 0.1) is 11.9 Å². The van der Waals surface area contributed by atoms with Crippen LogP contribution < -0.4 is 5.32 Å². The van der Waals surface area contributed by atoms with Gasteiger partial charge >= 0.3 is 0 Å². The Hall–Kier alpha value is -0.950. The van der Waals surface area contributed by atoms with Crippen LogP contribution in [-0.2, 0) is 27.1 Å². The summed E-state index contributed by atoms with van der Waals surface area (Å²) in [6.45, 7) is 1.90. The molecular formula is C15H24N2O3S. The van der Waals surface area contributed by atoms with Crippen LogP contribution >= 0.6 is 0 Å². The van der Waals surface area contributed by atoms with Gasteiger partial charge < -0.3 is 10.1 Å². The van der Waals surface area contributed by atoms with Gasteiger partial charge in [0.1, 0.15) is 0 Å². The number of nitrogens with one attached hydrogen (secondary N) is 1. The summed E-state index contributed by atoms with van der Waals surface area (Å²) in [6.07, 6.45) is 1.74. The van der Waals surface area contributed by atoms with Crippen LogP contribution in [0.3, 0.4) is 0 Å². The lowest BCUT2D eigenvalue weighted by molar-refractivity contribution is 0.0604. The molecule has 1 aliphatic heterocycles. The van der Waals surface area contributed by atoms with E-state index in [2.05, 4.69) is 5.32 Å². The lowest BCUT2D eigenvalue weighted by Gasteiger charge is -2.30. The van der Waals surface area contributed by atoms with Crippen LogP contribution in [-0.4, -0.2) is 46.1 Å². The summed E-state index contributed by atoms with van der Waals surface area (Å²) in [5.74, 6) is 0.0739. The highest BCUT2D eigenvalue weighted by Gasteiger charge is 2.27. The first-order valence-corrected chi connectivity index (χ1v) is 8.89. The summed E-state index contributed by atoms with van der Waals surface area (Å²) in [6, 6.07) is 7.73. The molecule has 21 heavy (non-hydrogen) atoms. The van der Waals surface area contributed by atoms with E-state index in [0.717, 1.165) is 30.5 Å². The average Bonchev–Trinajstić information content (AvgIpc) is 2.49. The number of methoxy groups -OCH3 is 1. The molecule has 1 fully saturated rings.